The van der Waals surface area contributed by atoms with Crippen molar-refractivity contribution in [1.82, 2.24) is 4.90 Å². The Kier molecular flexibility index (Phi) is 5.27. The standard InChI is InChI=1S/C25H26N4O/c1-20-14-16-21(17-15-20)24-18-28(23-12-8-5-9-13-23)25(29(24)30,26-19-27(2)3)22-10-6-4-7-11-22/h4-17,19H,18H2,1-3H3. The lowest BCUT2D eigenvalue weighted by Gasteiger charge is -2.33. The normalized spacial score (nSPS) is 19.0. The zero-order valence-electron chi connectivity index (χ0n) is 17.6. The molecule has 1 heterocycles. The molecule has 0 aromatic heterocycles. The fourth-order valence-electron chi connectivity index (χ4n) is 3.78. The molecule has 152 valence electrons. The lowest BCUT2D eigenvalue weighted by atomic mass is 10.1. The number of benzene rings is 3. The second kappa shape index (κ2) is 8.03. The molecule has 3 aromatic rings. The van der Waals surface area contributed by atoms with Crippen LogP contribution in [0.2, 0.25) is 0 Å². The quantitative estimate of drug-likeness (QED) is 0.280. The first-order valence-electron chi connectivity index (χ1n) is 10.0. The molecular formula is C25H26N4O. The third kappa shape index (κ3) is 3.43. The van der Waals surface area contributed by atoms with E-state index in [1.165, 1.54) is 0 Å². The van der Waals surface area contributed by atoms with Crippen molar-refractivity contribution in [2.75, 3.05) is 25.5 Å². The molecule has 0 fully saturated rings. The van der Waals surface area contributed by atoms with E-state index in [9.17, 15) is 5.21 Å². The highest BCUT2D eigenvalue weighted by Crippen LogP contribution is 2.39. The summed E-state index contributed by atoms with van der Waals surface area (Å²) in [5.41, 5.74) is 4.53. The highest BCUT2D eigenvalue weighted by molar-refractivity contribution is 6.01. The zero-order chi connectivity index (χ0) is 21.1. The van der Waals surface area contributed by atoms with Gasteiger partial charge in [-0.2, -0.15) is 9.73 Å². The Morgan fingerprint density at radius 2 is 1.53 bits per heavy atom. The van der Waals surface area contributed by atoms with Crippen molar-refractivity contribution < 1.29 is 4.74 Å². The lowest BCUT2D eigenvalue weighted by molar-refractivity contribution is -0.547. The molecule has 1 unspecified atom stereocenters. The summed E-state index contributed by atoms with van der Waals surface area (Å²) in [5, 5.41) is 14.0. The maximum Gasteiger partial charge on any atom is 0.378 e. The van der Waals surface area contributed by atoms with Crippen molar-refractivity contribution in [3.63, 3.8) is 0 Å². The average Bonchev–Trinajstić information content (AvgIpc) is 3.07. The molecule has 3 aromatic carbocycles. The Balaban J connectivity index is 1.98. The molecule has 0 aliphatic carbocycles. The van der Waals surface area contributed by atoms with Gasteiger partial charge in [-0.25, -0.2) is 0 Å². The number of hydroxylamine groups is 1. The molecule has 0 radical (unpaired) electrons. The van der Waals surface area contributed by atoms with Gasteiger partial charge in [-0.15, -0.1) is 0 Å². The molecule has 1 aliphatic heterocycles. The van der Waals surface area contributed by atoms with Crippen LogP contribution in [-0.4, -0.2) is 42.3 Å². The van der Waals surface area contributed by atoms with E-state index in [2.05, 4.69) is 4.90 Å². The fraction of sp³-hybridized carbons (Fsp3) is 0.200. The number of anilines is 1. The number of hydrogen-bond acceptors (Lipinski definition) is 3. The van der Waals surface area contributed by atoms with E-state index in [1.807, 2.05) is 111 Å². The summed E-state index contributed by atoms with van der Waals surface area (Å²) < 4.78 is 1.07. The zero-order valence-corrected chi connectivity index (χ0v) is 17.6. The fourth-order valence-corrected chi connectivity index (χ4v) is 3.78. The molecule has 4 rings (SSSR count). The summed E-state index contributed by atoms with van der Waals surface area (Å²) in [6, 6.07) is 27.9. The minimum Gasteiger partial charge on any atom is -0.620 e. The Hall–Kier alpha value is -3.60. The summed E-state index contributed by atoms with van der Waals surface area (Å²) in [6.45, 7) is 2.50. The number of nitrogens with zero attached hydrogens (tertiary/aromatic N) is 4. The Morgan fingerprint density at radius 3 is 2.13 bits per heavy atom. The molecule has 5 heteroatoms. The molecular weight excluding hydrogens is 372 g/mol. The van der Waals surface area contributed by atoms with Crippen molar-refractivity contribution in [3.05, 3.63) is 107 Å². The lowest BCUT2D eigenvalue weighted by Crippen LogP contribution is -2.47. The van der Waals surface area contributed by atoms with Crippen LogP contribution >= 0.6 is 0 Å². The second-order valence-electron chi connectivity index (χ2n) is 7.74. The first-order valence-corrected chi connectivity index (χ1v) is 10.0. The van der Waals surface area contributed by atoms with E-state index < -0.39 is 5.79 Å². The van der Waals surface area contributed by atoms with Crippen LogP contribution in [0.4, 0.5) is 5.69 Å². The smallest absolute Gasteiger partial charge is 0.378 e. The highest BCUT2D eigenvalue weighted by atomic mass is 16.5. The predicted octanol–water partition coefficient (Wildman–Crippen LogP) is 4.22. The molecule has 5 nitrogen and oxygen atoms in total. The Labute approximate surface area is 177 Å². The monoisotopic (exact) mass is 398 g/mol. The van der Waals surface area contributed by atoms with Crippen molar-refractivity contribution in [2.24, 2.45) is 4.99 Å². The summed E-state index contributed by atoms with van der Waals surface area (Å²) in [5.74, 6) is -1.23. The van der Waals surface area contributed by atoms with Gasteiger partial charge >= 0.3 is 5.79 Å². The molecule has 0 spiro atoms. The molecule has 0 N–H and O–H groups in total. The van der Waals surface area contributed by atoms with Gasteiger partial charge in [-0.05, 0) is 43.3 Å². The SMILES string of the molecule is Cc1ccc(C2=[N+]([O-])C(N=CN(C)C)(c3ccccc3)N(c3ccccc3)C2)cc1. The van der Waals surface area contributed by atoms with Crippen LogP contribution in [0.5, 0.6) is 0 Å². The van der Waals surface area contributed by atoms with E-state index in [-0.39, 0.29) is 0 Å². The second-order valence-corrected chi connectivity index (χ2v) is 7.74. The summed E-state index contributed by atoms with van der Waals surface area (Å²) in [7, 11) is 3.81. The molecule has 1 atom stereocenters. The largest absolute Gasteiger partial charge is 0.620 e. The number of hydrogen-bond donors (Lipinski definition) is 0. The molecule has 0 saturated carbocycles. The van der Waals surface area contributed by atoms with Gasteiger partial charge in [-0.1, -0.05) is 54.1 Å². The summed E-state index contributed by atoms with van der Waals surface area (Å²) in [6.07, 6.45) is 1.71. The van der Waals surface area contributed by atoms with Crippen molar-refractivity contribution in [1.29, 1.82) is 0 Å². The van der Waals surface area contributed by atoms with Crippen molar-refractivity contribution in [2.45, 2.75) is 12.7 Å². The van der Waals surface area contributed by atoms with Crippen molar-refractivity contribution in [3.8, 4) is 0 Å². The third-order valence-corrected chi connectivity index (χ3v) is 5.30. The van der Waals surface area contributed by atoms with Crippen LogP contribution < -0.4 is 4.90 Å². The topological polar surface area (TPSA) is 44.9 Å². The number of para-hydroxylation sites is 1. The van der Waals surface area contributed by atoms with E-state index in [0.29, 0.717) is 12.3 Å². The molecule has 0 bridgehead atoms. The van der Waals surface area contributed by atoms with Crippen LogP contribution in [-0.2, 0) is 5.79 Å². The predicted molar refractivity (Wildman–Crippen MR) is 123 cm³/mol. The number of aryl methyl sites for hydroxylation is 1. The van der Waals surface area contributed by atoms with Gasteiger partial charge in [-0.3, -0.25) is 4.90 Å². The molecule has 1 aliphatic rings. The Bertz CT molecular complexity index is 1060. The van der Waals surface area contributed by atoms with Gasteiger partial charge in [0, 0.05) is 25.3 Å². The van der Waals surface area contributed by atoms with Crippen LogP contribution in [0.3, 0.4) is 0 Å². The van der Waals surface area contributed by atoms with E-state index in [1.54, 1.807) is 6.34 Å². The minimum atomic E-state index is -1.23. The van der Waals surface area contributed by atoms with Gasteiger partial charge < -0.3 is 10.1 Å². The van der Waals surface area contributed by atoms with Crippen LogP contribution in [0, 0.1) is 12.1 Å². The number of aliphatic imine (C=N–C) groups is 1. The Morgan fingerprint density at radius 1 is 0.933 bits per heavy atom. The van der Waals surface area contributed by atoms with Gasteiger partial charge in [0.1, 0.15) is 6.54 Å². The van der Waals surface area contributed by atoms with E-state index in [0.717, 1.165) is 27.1 Å². The number of rotatable bonds is 5. The third-order valence-electron chi connectivity index (χ3n) is 5.30. The highest BCUT2D eigenvalue weighted by Gasteiger charge is 2.54. The van der Waals surface area contributed by atoms with Crippen LogP contribution in [0.1, 0.15) is 16.7 Å². The first kappa shape index (κ1) is 19.7. The van der Waals surface area contributed by atoms with Gasteiger partial charge in [0.2, 0.25) is 5.71 Å². The summed E-state index contributed by atoms with van der Waals surface area (Å²) >= 11 is 0. The van der Waals surface area contributed by atoms with E-state index in [4.69, 9.17) is 4.99 Å². The molecule has 30 heavy (non-hydrogen) atoms. The maximum atomic E-state index is 14.0. The van der Waals surface area contributed by atoms with Crippen molar-refractivity contribution >= 4 is 17.7 Å². The van der Waals surface area contributed by atoms with Gasteiger partial charge in [0.05, 0.1) is 11.9 Å². The average molecular weight is 399 g/mol. The van der Waals surface area contributed by atoms with Crippen LogP contribution in [0.15, 0.2) is 89.9 Å². The molecule has 0 amide bonds. The van der Waals surface area contributed by atoms with Gasteiger partial charge in [0.25, 0.3) is 0 Å². The maximum absolute atomic E-state index is 14.0. The van der Waals surface area contributed by atoms with Crippen LogP contribution in [0.25, 0.3) is 0 Å². The van der Waals surface area contributed by atoms with E-state index >= 15 is 0 Å². The molecule has 0 saturated heterocycles. The summed E-state index contributed by atoms with van der Waals surface area (Å²) in [4.78, 5) is 8.80. The minimum absolute atomic E-state index is 0.455. The first-order chi connectivity index (χ1) is 14.5. The van der Waals surface area contributed by atoms with Gasteiger partial charge in [0.15, 0.2) is 0 Å².